The Kier molecular flexibility index (Phi) is 5.58. The first-order valence-corrected chi connectivity index (χ1v) is 8.95. The summed E-state index contributed by atoms with van der Waals surface area (Å²) in [5.74, 6) is 0. The Hall–Kier alpha value is -1.68. The minimum atomic E-state index is -0.0605. The Morgan fingerprint density at radius 1 is 1.35 bits per heavy atom. The van der Waals surface area contributed by atoms with Gasteiger partial charge >= 0.3 is 5.69 Å². The Bertz CT molecular complexity index is 808. The fraction of sp³-hybridized carbons (Fsp3) is 0.421. The summed E-state index contributed by atoms with van der Waals surface area (Å²) in [7, 11) is 0. The standard InChI is InChI=1S/C19H26N2OS/c1-7-9-13(4)14(5)23-15(6)16-10-8-11-17-18(16)20-19(22)21(17)12(2)3/h8,10-12H,6-7,9H2,1-5H3,(H,20,22)/b14-13+. The molecule has 0 bridgehead atoms. The molecule has 23 heavy (non-hydrogen) atoms. The van der Waals surface area contributed by atoms with Gasteiger partial charge in [-0.2, -0.15) is 0 Å². The molecule has 0 aliphatic rings. The Balaban J connectivity index is 2.45. The summed E-state index contributed by atoms with van der Waals surface area (Å²) < 4.78 is 1.79. The lowest BCUT2D eigenvalue weighted by Gasteiger charge is -2.11. The van der Waals surface area contributed by atoms with Crippen LogP contribution in [0, 0.1) is 0 Å². The van der Waals surface area contributed by atoms with Crippen molar-refractivity contribution in [2.75, 3.05) is 0 Å². The zero-order valence-electron chi connectivity index (χ0n) is 14.7. The van der Waals surface area contributed by atoms with Crippen LogP contribution in [0.25, 0.3) is 15.9 Å². The smallest absolute Gasteiger partial charge is 0.305 e. The van der Waals surface area contributed by atoms with Crippen LogP contribution in [0.4, 0.5) is 0 Å². The van der Waals surface area contributed by atoms with Gasteiger partial charge in [0.05, 0.1) is 11.0 Å². The molecule has 0 saturated carbocycles. The summed E-state index contributed by atoms with van der Waals surface area (Å²) in [5, 5.41) is 0. The van der Waals surface area contributed by atoms with Gasteiger partial charge in [-0.1, -0.05) is 49.4 Å². The monoisotopic (exact) mass is 330 g/mol. The van der Waals surface area contributed by atoms with Crippen LogP contribution < -0.4 is 5.69 Å². The molecule has 4 heteroatoms. The predicted molar refractivity (Wildman–Crippen MR) is 103 cm³/mol. The second-order valence-electron chi connectivity index (χ2n) is 6.21. The van der Waals surface area contributed by atoms with Gasteiger partial charge in [0.25, 0.3) is 0 Å². The van der Waals surface area contributed by atoms with Crippen LogP contribution in [-0.2, 0) is 0 Å². The van der Waals surface area contributed by atoms with Crippen LogP contribution in [0.5, 0.6) is 0 Å². The number of rotatable bonds is 6. The lowest BCUT2D eigenvalue weighted by Crippen LogP contribution is -2.18. The summed E-state index contributed by atoms with van der Waals surface area (Å²) in [5.41, 5.74) is 4.17. The van der Waals surface area contributed by atoms with Crippen LogP contribution in [0.1, 0.15) is 59.1 Å². The average Bonchev–Trinajstić information content (AvgIpc) is 2.82. The van der Waals surface area contributed by atoms with Gasteiger partial charge in [-0.3, -0.25) is 4.57 Å². The lowest BCUT2D eigenvalue weighted by atomic mass is 10.1. The first-order valence-electron chi connectivity index (χ1n) is 8.13. The molecule has 0 saturated heterocycles. The predicted octanol–water partition coefficient (Wildman–Crippen LogP) is 5.71. The van der Waals surface area contributed by atoms with Gasteiger partial charge in [-0.15, -0.1) is 0 Å². The second kappa shape index (κ2) is 7.26. The van der Waals surface area contributed by atoms with Crippen molar-refractivity contribution in [2.45, 2.75) is 53.5 Å². The molecule has 0 aliphatic heterocycles. The molecule has 0 unspecified atom stereocenters. The maximum absolute atomic E-state index is 12.2. The number of H-pyrrole nitrogens is 1. The van der Waals surface area contributed by atoms with E-state index in [2.05, 4.69) is 32.3 Å². The Morgan fingerprint density at radius 2 is 2.04 bits per heavy atom. The number of hydrogen-bond donors (Lipinski definition) is 1. The number of nitrogens with zero attached hydrogens (tertiary/aromatic N) is 1. The van der Waals surface area contributed by atoms with E-state index in [1.165, 1.54) is 10.5 Å². The van der Waals surface area contributed by atoms with E-state index in [0.717, 1.165) is 34.3 Å². The average molecular weight is 330 g/mol. The van der Waals surface area contributed by atoms with Gasteiger partial charge in [0.1, 0.15) is 0 Å². The molecule has 1 heterocycles. The van der Waals surface area contributed by atoms with Gasteiger partial charge in [0.2, 0.25) is 0 Å². The highest BCUT2D eigenvalue weighted by Crippen LogP contribution is 2.36. The van der Waals surface area contributed by atoms with Crippen LogP contribution in [-0.4, -0.2) is 9.55 Å². The third kappa shape index (κ3) is 3.63. The van der Waals surface area contributed by atoms with E-state index in [0.29, 0.717) is 0 Å². The number of nitrogens with one attached hydrogen (secondary N) is 1. The molecular formula is C19H26N2OS. The number of aromatic nitrogens is 2. The van der Waals surface area contributed by atoms with Gasteiger partial charge in [-0.05, 0) is 45.1 Å². The summed E-state index contributed by atoms with van der Waals surface area (Å²) >= 11 is 1.69. The first-order chi connectivity index (χ1) is 10.9. The third-order valence-electron chi connectivity index (χ3n) is 4.07. The molecule has 3 nitrogen and oxygen atoms in total. The molecule has 1 aromatic carbocycles. The first kappa shape index (κ1) is 17.7. The van der Waals surface area contributed by atoms with Crippen molar-refractivity contribution in [3.8, 4) is 0 Å². The number of allylic oxidation sites excluding steroid dienone is 2. The normalized spacial score (nSPS) is 12.8. The van der Waals surface area contributed by atoms with E-state index in [9.17, 15) is 4.79 Å². The fourth-order valence-electron chi connectivity index (χ4n) is 2.77. The summed E-state index contributed by atoms with van der Waals surface area (Å²) in [4.78, 5) is 17.5. The molecular weight excluding hydrogens is 304 g/mol. The van der Waals surface area contributed by atoms with Crippen LogP contribution in [0.2, 0.25) is 0 Å². The number of thioether (sulfide) groups is 1. The van der Waals surface area contributed by atoms with Crippen LogP contribution >= 0.6 is 11.8 Å². The SMILES string of the molecule is C=C(S/C(C)=C(\C)CCC)c1cccc2c1[nH]c(=O)n2C(C)C. The molecule has 1 aromatic heterocycles. The number of aromatic amines is 1. The van der Waals surface area contributed by atoms with Crippen molar-refractivity contribution in [3.05, 3.63) is 51.3 Å². The maximum Gasteiger partial charge on any atom is 0.326 e. The highest BCUT2D eigenvalue weighted by molar-refractivity contribution is 8.11. The number of benzene rings is 1. The van der Waals surface area contributed by atoms with Crippen molar-refractivity contribution in [1.82, 2.24) is 9.55 Å². The molecule has 2 aromatic rings. The van der Waals surface area contributed by atoms with Crippen molar-refractivity contribution < 1.29 is 0 Å². The Labute approximate surface area is 142 Å². The minimum absolute atomic E-state index is 0.0605. The summed E-state index contributed by atoms with van der Waals surface area (Å²) in [6, 6.07) is 6.13. The summed E-state index contributed by atoms with van der Waals surface area (Å²) in [6.45, 7) is 14.8. The molecule has 124 valence electrons. The quantitative estimate of drug-likeness (QED) is 0.737. The summed E-state index contributed by atoms with van der Waals surface area (Å²) in [6.07, 6.45) is 2.26. The van der Waals surface area contributed by atoms with Crippen LogP contribution in [0.15, 0.2) is 40.1 Å². The largest absolute Gasteiger partial charge is 0.326 e. The number of hydrogen-bond acceptors (Lipinski definition) is 2. The number of para-hydroxylation sites is 1. The number of fused-ring (bicyclic) bond motifs is 1. The van der Waals surface area contributed by atoms with E-state index in [-0.39, 0.29) is 11.7 Å². The van der Waals surface area contributed by atoms with E-state index in [4.69, 9.17) is 0 Å². The molecule has 0 amide bonds. The number of imidazole rings is 1. The molecule has 0 fully saturated rings. The molecule has 0 atom stereocenters. The maximum atomic E-state index is 12.2. The second-order valence-corrected chi connectivity index (χ2v) is 7.51. The van der Waals surface area contributed by atoms with Crippen molar-refractivity contribution >= 4 is 27.7 Å². The minimum Gasteiger partial charge on any atom is -0.305 e. The molecule has 0 radical (unpaired) electrons. The lowest BCUT2D eigenvalue weighted by molar-refractivity contribution is 0.598. The fourth-order valence-corrected chi connectivity index (χ4v) is 3.70. The van der Waals surface area contributed by atoms with Crippen molar-refractivity contribution in [1.29, 1.82) is 0 Å². The van der Waals surface area contributed by atoms with E-state index in [1.807, 2.05) is 32.0 Å². The zero-order chi connectivity index (χ0) is 17.1. The van der Waals surface area contributed by atoms with Gasteiger partial charge in [0.15, 0.2) is 0 Å². The van der Waals surface area contributed by atoms with Gasteiger partial charge in [-0.25, -0.2) is 4.79 Å². The van der Waals surface area contributed by atoms with Gasteiger partial charge < -0.3 is 4.98 Å². The van der Waals surface area contributed by atoms with E-state index >= 15 is 0 Å². The highest BCUT2D eigenvalue weighted by Gasteiger charge is 2.14. The van der Waals surface area contributed by atoms with Crippen molar-refractivity contribution in [2.24, 2.45) is 0 Å². The molecule has 1 N–H and O–H groups in total. The third-order valence-corrected chi connectivity index (χ3v) is 5.19. The Morgan fingerprint density at radius 3 is 2.65 bits per heavy atom. The van der Waals surface area contributed by atoms with E-state index in [1.54, 1.807) is 16.3 Å². The molecule has 0 aliphatic carbocycles. The highest BCUT2D eigenvalue weighted by atomic mass is 32.2. The molecule has 2 rings (SSSR count). The van der Waals surface area contributed by atoms with Crippen molar-refractivity contribution in [3.63, 3.8) is 0 Å². The topological polar surface area (TPSA) is 37.8 Å². The zero-order valence-corrected chi connectivity index (χ0v) is 15.5. The van der Waals surface area contributed by atoms with E-state index < -0.39 is 0 Å². The van der Waals surface area contributed by atoms with Gasteiger partial charge in [0, 0.05) is 16.5 Å². The van der Waals surface area contributed by atoms with Crippen LogP contribution in [0.3, 0.4) is 0 Å². The molecule has 0 spiro atoms.